The molecule has 1 unspecified atom stereocenters. The summed E-state index contributed by atoms with van der Waals surface area (Å²) in [5, 5.41) is 3.56. The SMILES string of the molecule is Cc1ccc(C2Nc3ccccc3C(=O)N2c2cc(C)cc(C)c2)cc1. The molecular weight excluding hydrogens is 320 g/mol. The molecule has 3 heteroatoms. The fraction of sp³-hybridized carbons (Fsp3) is 0.174. The summed E-state index contributed by atoms with van der Waals surface area (Å²) < 4.78 is 0. The molecule has 130 valence electrons. The number of anilines is 2. The normalized spacial score (nSPS) is 16.2. The number of aryl methyl sites for hydroxylation is 3. The number of fused-ring (bicyclic) bond motifs is 1. The van der Waals surface area contributed by atoms with Gasteiger partial charge in [-0.05, 0) is 61.7 Å². The molecular formula is C23H22N2O. The molecule has 0 aliphatic carbocycles. The fourth-order valence-corrected chi connectivity index (χ4v) is 3.59. The van der Waals surface area contributed by atoms with E-state index in [1.54, 1.807) is 0 Å². The maximum absolute atomic E-state index is 13.4. The van der Waals surface area contributed by atoms with E-state index in [4.69, 9.17) is 0 Å². The van der Waals surface area contributed by atoms with Crippen molar-refractivity contribution in [2.24, 2.45) is 0 Å². The van der Waals surface area contributed by atoms with Crippen LogP contribution < -0.4 is 10.2 Å². The lowest BCUT2D eigenvalue weighted by Crippen LogP contribution is -2.43. The molecule has 3 aromatic rings. The molecule has 1 atom stereocenters. The van der Waals surface area contributed by atoms with Gasteiger partial charge < -0.3 is 5.32 Å². The zero-order chi connectivity index (χ0) is 18.3. The Kier molecular flexibility index (Phi) is 4.00. The Morgan fingerprint density at radius 1 is 0.808 bits per heavy atom. The largest absolute Gasteiger partial charge is 0.360 e. The van der Waals surface area contributed by atoms with Gasteiger partial charge in [-0.1, -0.05) is 48.0 Å². The Labute approximate surface area is 154 Å². The number of benzene rings is 3. The first kappa shape index (κ1) is 16.4. The molecule has 1 amide bonds. The molecule has 1 aliphatic rings. The molecule has 0 fully saturated rings. The monoisotopic (exact) mass is 342 g/mol. The summed E-state index contributed by atoms with van der Waals surface area (Å²) in [5.74, 6) is 0.0231. The third kappa shape index (κ3) is 2.86. The maximum atomic E-state index is 13.4. The second kappa shape index (κ2) is 6.34. The predicted molar refractivity (Wildman–Crippen MR) is 107 cm³/mol. The lowest BCUT2D eigenvalue weighted by molar-refractivity contribution is 0.0975. The van der Waals surface area contributed by atoms with Gasteiger partial charge in [0.05, 0.1) is 5.56 Å². The topological polar surface area (TPSA) is 32.3 Å². The average molecular weight is 342 g/mol. The summed E-state index contributed by atoms with van der Waals surface area (Å²) >= 11 is 0. The number of rotatable bonds is 2. The molecule has 3 aromatic carbocycles. The highest BCUT2D eigenvalue weighted by atomic mass is 16.2. The Hall–Kier alpha value is -3.07. The number of nitrogens with one attached hydrogen (secondary N) is 1. The predicted octanol–water partition coefficient (Wildman–Crippen LogP) is 5.38. The van der Waals surface area contributed by atoms with Gasteiger partial charge in [0.25, 0.3) is 5.91 Å². The molecule has 3 nitrogen and oxygen atoms in total. The Bertz CT molecular complexity index is 956. The van der Waals surface area contributed by atoms with Crippen LogP contribution in [0.25, 0.3) is 0 Å². The van der Waals surface area contributed by atoms with Gasteiger partial charge in [-0.25, -0.2) is 0 Å². The lowest BCUT2D eigenvalue weighted by Gasteiger charge is -2.38. The van der Waals surface area contributed by atoms with E-state index in [0.717, 1.165) is 28.1 Å². The number of nitrogens with zero attached hydrogens (tertiary/aromatic N) is 1. The zero-order valence-electron chi connectivity index (χ0n) is 15.3. The first-order valence-corrected chi connectivity index (χ1v) is 8.87. The standard InChI is InChI=1S/C23H22N2O/c1-15-8-10-18(11-9-15)22-24-21-7-5-4-6-20(21)23(26)25(22)19-13-16(2)12-17(3)14-19/h4-14,22,24H,1-3H3. The molecule has 1 aliphatic heterocycles. The molecule has 0 saturated carbocycles. The van der Waals surface area contributed by atoms with E-state index < -0.39 is 0 Å². The third-order valence-electron chi connectivity index (χ3n) is 4.80. The molecule has 0 bridgehead atoms. The van der Waals surface area contributed by atoms with Gasteiger partial charge >= 0.3 is 0 Å². The highest BCUT2D eigenvalue weighted by Gasteiger charge is 2.34. The first-order chi connectivity index (χ1) is 12.5. The minimum absolute atomic E-state index is 0.0231. The molecule has 4 rings (SSSR count). The summed E-state index contributed by atoms with van der Waals surface area (Å²) in [6, 6.07) is 22.3. The van der Waals surface area contributed by atoms with E-state index in [-0.39, 0.29) is 12.1 Å². The summed E-state index contributed by atoms with van der Waals surface area (Å²) in [7, 11) is 0. The third-order valence-corrected chi connectivity index (χ3v) is 4.80. The summed E-state index contributed by atoms with van der Waals surface area (Å²) in [5.41, 5.74) is 7.06. The van der Waals surface area contributed by atoms with E-state index in [1.165, 1.54) is 5.56 Å². The number of amides is 1. The Morgan fingerprint density at radius 3 is 2.15 bits per heavy atom. The minimum atomic E-state index is -0.237. The second-order valence-electron chi connectivity index (χ2n) is 7.02. The summed E-state index contributed by atoms with van der Waals surface area (Å²) in [4.78, 5) is 15.2. The van der Waals surface area contributed by atoms with Crippen LogP contribution in [0.1, 0.15) is 38.8 Å². The fourth-order valence-electron chi connectivity index (χ4n) is 3.59. The van der Waals surface area contributed by atoms with Crippen LogP contribution in [0.4, 0.5) is 11.4 Å². The molecule has 0 radical (unpaired) electrons. The number of para-hydroxylation sites is 1. The van der Waals surface area contributed by atoms with Crippen LogP contribution in [0.5, 0.6) is 0 Å². The van der Waals surface area contributed by atoms with Crippen molar-refractivity contribution >= 4 is 17.3 Å². The van der Waals surface area contributed by atoms with Crippen molar-refractivity contribution in [2.45, 2.75) is 26.9 Å². The number of carbonyl (C=O) groups is 1. The van der Waals surface area contributed by atoms with Crippen LogP contribution in [-0.4, -0.2) is 5.91 Å². The van der Waals surface area contributed by atoms with E-state index in [9.17, 15) is 4.79 Å². The number of carbonyl (C=O) groups excluding carboxylic acids is 1. The van der Waals surface area contributed by atoms with Crippen LogP contribution in [0, 0.1) is 20.8 Å². The molecule has 0 saturated heterocycles. The molecule has 0 aromatic heterocycles. The van der Waals surface area contributed by atoms with Crippen LogP contribution in [0.3, 0.4) is 0 Å². The maximum Gasteiger partial charge on any atom is 0.262 e. The van der Waals surface area contributed by atoms with Crippen LogP contribution in [0.15, 0.2) is 66.7 Å². The van der Waals surface area contributed by atoms with Gasteiger partial charge in [-0.2, -0.15) is 0 Å². The van der Waals surface area contributed by atoms with Crippen molar-refractivity contribution in [1.29, 1.82) is 0 Å². The second-order valence-corrected chi connectivity index (χ2v) is 7.02. The molecule has 0 spiro atoms. The van der Waals surface area contributed by atoms with E-state index in [0.29, 0.717) is 5.56 Å². The van der Waals surface area contributed by atoms with Crippen LogP contribution in [-0.2, 0) is 0 Å². The van der Waals surface area contributed by atoms with Gasteiger partial charge in [0.1, 0.15) is 6.17 Å². The minimum Gasteiger partial charge on any atom is -0.360 e. The Balaban J connectivity index is 1.88. The highest BCUT2D eigenvalue weighted by molar-refractivity contribution is 6.12. The Morgan fingerprint density at radius 2 is 1.46 bits per heavy atom. The molecule has 1 heterocycles. The van der Waals surface area contributed by atoms with E-state index in [1.807, 2.05) is 29.2 Å². The molecule has 26 heavy (non-hydrogen) atoms. The van der Waals surface area contributed by atoms with Crippen molar-refractivity contribution < 1.29 is 4.79 Å². The smallest absolute Gasteiger partial charge is 0.262 e. The summed E-state index contributed by atoms with van der Waals surface area (Å²) in [6.07, 6.45) is -0.237. The van der Waals surface area contributed by atoms with Gasteiger partial charge in [0, 0.05) is 11.4 Å². The molecule has 1 N–H and O–H groups in total. The summed E-state index contributed by atoms with van der Waals surface area (Å²) in [6.45, 7) is 6.20. The zero-order valence-corrected chi connectivity index (χ0v) is 15.3. The van der Waals surface area contributed by atoms with E-state index >= 15 is 0 Å². The van der Waals surface area contributed by atoms with Gasteiger partial charge in [-0.15, -0.1) is 0 Å². The number of hydrogen-bond donors (Lipinski definition) is 1. The van der Waals surface area contributed by atoms with Crippen molar-refractivity contribution in [3.63, 3.8) is 0 Å². The van der Waals surface area contributed by atoms with Gasteiger partial charge in [0.2, 0.25) is 0 Å². The highest BCUT2D eigenvalue weighted by Crippen LogP contribution is 2.37. The quantitative estimate of drug-likeness (QED) is 0.678. The average Bonchev–Trinajstić information content (AvgIpc) is 2.61. The van der Waals surface area contributed by atoms with Gasteiger partial charge in [-0.3, -0.25) is 9.69 Å². The van der Waals surface area contributed by atoms with Crippen LogP contribution in [0.2, 0.25) is 0 Å². The van der Waals surface area contributed by atoms with Crippen LogP contribution >= 0.6 is 0 Å². The van der Waals surface area contributed by atoms with Crippen molar-refractivity contribution in [3.05, 3.63) is 94.5 Å². The van der Waals surface area contributed by atoms with E-state index in [2.05, 4.69) is 68.6 Å². The van der Waals surface area contributed by atoms with Gasteiger partial charge in [0.15, 0.2) is 0 Å². The van der Waals surface area contributed by atoms with Crippen molar-refractivity contribution in [3.8, 4) is 0 Å². The number of hydrogen-bond acceptors (Lipinski definition) is 2. The first-order valence-electron chi connectivity index (χ1n) is 8.87. The van der Waals surface area contributed by atoms with Crippen molar-refractivity contribution in [2.75, 3.05) is 10.2 Å². The van der Waals surface area contributed by atoms with Crippen molar-refractivity contribution in [1.82, 2.24) is 0 Å². The lowest BCUT2D eigenvalue weighted by atomic mass is 10.0.